The lowest BCUT2D eigenvalue weighted by molar-refractivity contribution is -0.157. The summed E-state index contributed by atoms with van der Waals surface area (Å²) >= 11 is 0. The molecule has 3 fully saturated rings. The lowest BCUT2D eigenvalue weighted by Crippen LogP contribution is -2.48. The molecule has 6 heteroatoms. The van der Waals surface area contributed by atoms with Crippen molar-refractivity contribution in [2.75, 3.05) is 20.3 Å². The maximum absolute atomic E-state index is 12.9. The molecule has 1 aromatic rings. The number of likely N-dealkylation sites (N-methyl/N-ethyl adjacent to an activating group) is 1. The first-order valence-electron chi connectivity index (χ1n) is 9.89. The molecule has 1 aromatic carbocycles. The van der Waals surface area contributed by atoms with Crippen molar-refractivity contribution in [1.82, 2.24) is 4.90 Å². The predicted molar refractivity (Wildman–Crippen MR) is 105 cm³/mol. The summed E-state index contributed by atoms with van der Waals surface area (Å²) in [7, 11) is 2.16. The third-order valence-corrected chi connectivity index (χ3v) is 6.07. The van der Waals surface area contributed by atoms with E-state index < -0.39 is 0 Å². The molecule has 0 amide bonds. The summed E-state index contributed by atoms with van der Waals surface area (Å²) in [6, 6.07) is 10.6. The van der Waals surface area contributed by atoms with Crippen LogP contribution in [0.5, 0.6) is 0 Å². The van der Waals surface area contributed by atoms with E-state index in [4.69, 9.17) is 14.2 Å². The van der Waals surface area contributed by atoms with Crippen molar-refractivity contribution in [1.29, 1.82) is 0 Å². The average molecular weight is 396 g/mol. The van der Waals surface area contributed by atoms with Gasteiger partial charge in [-0.25, -0.2) is 0 Å². The Morgan fingerprint density at radius 2 is 1.89 bits per heavy atom. The quantitative estimate of drug-likeness (QED) is 0.384. The van der Waals surface area contributed by atoms with Crippen LogP contribution < -0.4 is 0 Å². The number of carbonyl (C=O) groups is 1. The topological polar surface area (TPSA) is 51.3 Å². The number of epoxide rings is 1. The minimum atomic E-state index is -0.351. The van der Waals surface area contributed by atoms with Crippen molar-refractivity contribution in [3.63, 3.8) is 0 Å². The zero-order valence-electron chi connectivity index (χ0n) is 16.1. The van der Waals surface area contributed by atoms with Gasteiger partial charge in [-0.2, -0.15) is 0 Å². The second-order valence-electron chi connectivity index (χ2n) is 7.79. The molecule has 0 aliphatic carbocycles. The number of hydrogen-bond donors (Lipinski definition) is 0. The predicted octanol–water partition coefficient (Wildman–Crippen LogP) is 3.16. The molecule has 0 spiro atoms. The van der Waals surface area contributed by atoms with Gasteiger partial charge < -0.3 is 14.2 Å². The van der Waals surface area contributed by atoms with E-state index >= 15 is 0 Å². The lowest BCUT2D eigenvalue weighted by atomic mass is 9.97. The van der Waals surface area contributed by atoms with Crippen LogP contribution in [0.4, 0.5) is 0 Å². The summed E-state index contributed by atoms with van der Waals surface area (Å²) < 4.78 is 17.5. The number of halogens is 1. The molecular weight excluding hydrogens is 366 g/mol. The van der Waals surface area contributed by atoms with Crippen LogP contribution in [0.2, 0.25) is 0 Å². The Hall–Kier alpha value is -1.14. The van der Waals surface area contributed by atoms with Gasteiger partial charge >= 0.3 is 5.97 Å². The van der Waals surface area contributed by atoms with Crippen LogP contribution in [0.25, 0.3) is 0 Å². The van der Waals surface area contributed by atoms with E-state index in [-0.39, 0.29) is 30.4 Å². The molecule has 27 heavy (non-hydrogen) atoms. The minimum Gasteiger partial charge on any atom is -0.462 e. The largest absolute Gasteiger partial charge is 0.462 e. The molecule has 1 unspecified atom stereocenters. The second-order valence-corrected chi connectivity index (χ2v) is 7.79. The number of morpholine rings is 1. The smallest absolute Gasteiger partial charge is 0.316 e. The number of esters is 1. The van der Waals surface area contributed by atoms with E-state index in [1.165, 1.54) is 0 Å². The molecule has 3 aliphatic rings. The molecule has 0 radical (unpaired) electrons. The number of piperidine rings is 1. The Morgan fingerprint density at radius 3 is 2.52 bits per heavy atom. The number of benzene rings is 1. The summed E-state index contributed by atoms with van der Waals surface area (Å²) in [6.07, 6.45) is 4.55. The van der Waals surface area contributed by atoms with Crippen LogP contribution in [0.3, 0.4) is 0 Å². The Morgan fingerprint density at radius 1 is 1.22 bits per heavy atom. The van der Waals surface area contributed by atoms with Crippen LogP contribution >= 0.6 is 12.4 Å². The Balaban J connectivity index is 0.00000210. The Bertz CT molecular complexity index is 610. The molecule has 4 rings (SSSR count). The zero-order valence-corrected chi connectivity index (χ0v) is 16.9. The van der Waals surface area contributed by atoms with Crippen molar-refractivity contribution in [2.24, 2.45) is 0 Å². The molecule has 2 bridgehead atoms. The molecular formula is C21H30ClNO4. The van der Waals surface area contributed by atoms with E-state index in [1.54, 1.807) is 0 Å². The number of ether oxygens (including phenoxy) is 3. The molecule has 0 N–H and O–H groups in total. The SMILES string of the molecule is CCCCOC[C@@H](C(=O)OC1C[C@@H]2[C@H]3O[C@H]3[C@H](C1)N2C)c1ccccc1.Cl. The lowest BCUT2D eigenvalue weighted by Gasteiger charge is -2.38. The molecule has 3 saturated heterocycles. The van der Waals surface area contributed by atoms with Gasteiger partial charge in [-0.15, -0.1) is 12.4 Å². The number of carbonyl (C=O) groups excluding carboxylic acids is 1. The van der Waals surface area contributed by atoms with Gasteiger partial charge in [0.25, 0.3) is 0 Å². The maximum atomic E-state index is 12.9. The fourth-order valence-corrected chi connectivity index (χ4v) is 4.48. The van der Waals surface area contributed by atoms with Crippen LogP contribution in [-0.4, -0.2) is 61.5 Å². The molecule has 5 nitrogen and oxygen atoms in total. The third kappa shape index (κ3) is 4.32. The number of hydrogen-bond acceptors (Lipinski definition) is 5. The zero-order chi connectivity index (χ0) is 18.1. The highest BCUT2D eigenvalue weighted by molar-refractivity contribution is 5.85. The standard InChI is InChI=1S/C21H29NO4.ClH/c1-3-4-10-24-13-16(14-8-6-5-7-9-14)21(23)25-15-11-17-19-20(26-19)18(12-15)22(17)2;/h5-9,15-20H,3-4,10-13H2,1-2H3;1H/t15?,16-,17-,18+,19-,20+;/m1./s1. The van der Waals surface area contributed by atoms with Crippen molar-refractivity contribution < 1.29 is 19.0 Å². The third-order valence-electron chi connectivity index (χ3n) is 6.07. The Kier molecular flexibility index (Phi) is 6.79. The monoisotopic (exact) mass is 395 g/mol. The van der Waals surface area contributed by atoms with Gasteiger partial charge in [-0.3, -0.25) is 9.69 Å². The molecule has 0 saturated carbocycles. The fraction of sp³-hybridized carbons (Fsp3) is 0.667. The van der Waals surface area contributed by atoms with E-state index in [1.807, 2.05) is 30.3 Å². The van der Waals surface area contributed by atoms with Crippen LogP contribution in [-0.2, 0) is 19.0 Å². The summed E-state index contributed by atoms with van der Waals surface area (Å²) in [5.74, 6) is -0.507. The van der Waals surface area contributed by atoms with Crippen LogP contribution in [0.15, 0.2) is 30.3 Å². The number of unbranched alkanes of at least 4 members (excludes halogenated alkanes) is 1. The van der Waals surface area contributed by atoms with Crippen molar-refractivity contribution in [3.8, 4) is 0 Å². The van der Waals surface area contributed by atoms with E-state index in [9.17, 15) is 4.79 Å². The normalized spacial score (nSPS) is 32.3. The van der Waals surface area contributed by atoms with Gasteiger partial charge in [-0.05, 0) is 19.0 Å². The minimum absolute atomic E-state index is 0. The highest BCUT2D eigenvalue weighted by Crippen LogP contribution is 2.48. The first-order chi connectivity index (χ1) is 12.7. The highest BCUT2D eigenvalue weighted by atomic mass is 35.5. The maximum Gasteiger partial charge on any atom is 0.316 e. The van der Waals surface area contributed by atoms with Crippen molar-refractivity contribution in [3.05, 3.63) is 35.9 Å². The average Bonchev–Trinajstić information content (AvgIpc) is 3.40. The fourth-order valence-electron chi connectivity index (χ4n) is 4.48. The molecule has 0 aromatic heterocycles. The first kappa shape index (κ1) is 20.6. The summed E-state index contributed by atoms with van der Waals surface area (Å²) in [5, 5.41) is 0. The number of rotatable bonds is 8. The number of nitrogens with zero attached hydrogens (tertiary/aromatic N) is 1. The summed E-state index contributed by atoms with van der Waals surface area (Å²) in [6.45, 7) is 3.21. The van der Waals surface area contributed by atoms with Gasteiger partial charge in [0, 0.05) is 31.5 Å². The highest BCUT2D eigenvalue weighted by Gasteiger charge is 2.62. The van der Waals surface area contributed by atoms with E-state index in [2.05, 4.69) is 18.9 Å². The van der Waals surface area contributed by atoms with Crippen molar-refractivity contribution >= 4 is 18.4 Å². The van der Waals surface area contributed by atoms with Gasteiger partial charge in [0.05, 0.1) is 6.61 Å². The first-order valence-corrected chi connectivity index (χ1v) is 9.89. The van der Waals surface area contributed by atoms with Crippen LogP contribution in [0, 0.1) is 0 Å². The van der Waals surface area contributed by atoms with E-state index in [0.717, 1.165) is 31.2 Å². The second kappa shape index (κ2) is 8.91. The van der Waals surface area contributed by atoms with Crippen molar-refractivity contribution in [2.45, 2.75) is 68.9 Å². The number of fused-ring (bicyclic) bond motifs is 5. The van der Waals surface area contributed by atoms with E-state index in [0.29, 0.717) is 37.5 Å². The van der Waals surface area contributed by atoms with Gasteiger partial charge in [0.2, 0.25) is 0 Å². The van der Waals surface area contributed by atoms with Gasteiger partial charge in [0.1, 0.15) is 24.2 Å². The van der Waals surface area contributed by atoms with Gasteiger partial charge in [0.15, 0.2) is 0 Å². The molecule has 3 aliphatic heterocycles. The van der Waals surface area contributed by atoms with Gasteiger partial charge in [-0.1, -0.05) is 43.7 Å². The molecule has 150 valence electrons. The molecule has 6 atom stereocenters. The summed E-state index contributed by atoms with van der Waals surface area (Å²) in [5.41, 5.74) is 0.969. The molecule has 3 heterocycles. The van der Waals surface area contributed by atoms with Crippen LogP contribution in [0.1, 0.15) is 44.1 Å². The summed E-state index contributed by atoms with van der Waals surface area (Å²) in [4.78, 5) is 15.3. The Labute approximate surface area is 167 Å².